The smallest absolute Gasteiger partial charge is 0.359 e. The number of carbonyl (C=O) groups is 4. The Morgan fingerprint density at radius 2 is 1.66 bits per heavy atom. The molecule has 3 amide bonds. The molecule has 0 spiro atoms. The lowest BCUT2D eigenvalue weighted by molar-refractivity contribution is -0.929. The van der Waals surface area contributed by atoms with Gasteiger partial charge in [0, 0.05) is 106 Å². The van der Waals surface area contributed by atoms with E-state index in [0.717, 1.165) is 19.6 Å². The van der Waals surface area contributed by atoms with Crippen LogP contribution in [0, 0.1) is 30.4 Å². The maximum Gasteiger partial charge on any atom is 0.359 e. The Kier molecular flexibility index (Phi) is 12.5. The third-order valence-corrected chi connectivity index (χ3v) is 12.3. The molecule has 5 heterocycles. The van der Waals surface area contributed by atoms with E-state index in [9.17, 15) is 24.3 Å². The quantitative estimate of drug-likeness (QED) is 0.170. The van der Waals surface area contributed by atoms with Crippen LogP contribution in [0.15, 0.2) is 42.7 Å². The van der Waals surface area contributed by atoms with Gasteiger partial charge >= 0.3 is 5.97 Å². The molecule has 0 atom stereocenters. The van der Waals surface area contributed by atoms with Crippen molar-refractivity contribution in [1.82, 2.24) is 34.4 Å². The molecular formula is C41H49ClF2N9O6+. The van der Waals surface area contributed by atoms with Crippen molar-refractivity contribution in [1.29, 1.82) is 0 Å². The van der Waals surface area contributed by atoms with Crippen LogP contribution >= 0.6 is 11.6 Å². The summed E-state index contributed by atoms with van der Waals surface area (Å²) in [5, 5.41) is 19.9. The molecule has 7 rings (SSSR count). The van der Waals surface area contributed by atoms with E-state index < -0.39 is 23.5 Å². The van der Waals surface area contributed by atoms with Gasteiger partial charge in [0.15, 0.2) is 24.0 Å². The Bertz CT molecular complexity index is 2240. The summed E-state index contributed by atoms with van der Waals surface area (Å²) >= 11 is 6.58. The van der Waals surface area contributed by atoms with Crippen LogP contribution in [0.2, 0.25) is 5.02 Å². The highest BCUT2D eigenvalue weighted by Gasteiger charge is 2.42. The van der Waals surface area contributed by atoms with E-state index in [2.05, 4.69) is 20.7 Å². The Hall–Kier alpha value is -5.23. The molecule has 3 N–H and O–H groups in total. The van der Waals surface area contributed by atoms with Crippen molar-refractivity contribution in [2.45, 2.75) is 26.3 Å². The van der Waals surface area contributed by atoms with Gasteiger partial charge in [0.25, 0.3) is 11.8 Å². The molecule has 314 valence electrons. The molecule has 3 saturated heterocycles. The fraction of sp³-hybridized carbons (Fsp3) is 0.463. The first-order chi connectivity index (χ1) is 28.3. The van der Waals surface area contributed by atoms with Gasteiger partial charge in [0.2, 0.25) is 5.91 Å². The number of aromatic nitrogens is 4. The largest absolute Gasteiger partial charge is 0.477 e. The molecule has 15 nitrogen and oxygen atoms in total. The number of hydrogen-bond donors (Lipinski definition) is 3. The average molecular weight is 837 g/mol. The van der Waals surface area contributed by atoms with Gasteiger partial charge in [-0.25, -0.2) is 18.6 Å². The van der Waals surface area contributed by atoms with E-state index in [1.165, 1.54) is 48.3 Å². The standard InChI is InChI=1S/C41H48ClF2N9O6/c1-25-32(21-47-52(25)14-17-59-3)29-6-7-31(37(44)36(29)43)34-22-46-38(49(34)2)39(56)48-28-4-5-30(33(42)18-28)41(58)51-12-10-50(11-13-51)40(57)27-8-15-53(16-9-27,24-35(54)55)23-26-19-45-20-26/h4-7,18,21-22,26-27,45H,8-17,19-20,23-24H2,1-3H3,(H-,48,54,55,56,58)/p+1/t27-,53+. The molecule has 0 radical (unpaired) electrons. The van der Waals surface area contributed by atoms with Crippen molar-refractivity contribution in [3.8, 4) is 22.4 Å². The summed E-state index contributed by atoms with van der Waals surface area (Å²) < 4.78 is 39.7. The summed E-state index contributed by atoms with van der Waals surface area (Å²) in [4.78, 5) is 59.7. The molecule has 3 fully saturated rings. The molecule has 0 bridgehead atoms. The molecule has 0 unspecified atom stereocenters. The van der Waals surface area contributed by atoms with Crippen molar-refractivity contribution in [2.24, 2.45) is 18.9 Å². The highest BCUT2D eigenvalue weighted by atomic mass is 35.5. The second-order valence-corrected chi connectivity index (χ2v) is 16.2. The minimum Gasteiger partial charge on any atom is -0.477 e. The van der Waals surface area contributed by atoms with Gasteiger partial charge in [-0.15, -0.1) is 0 Å². The molecule has 2 aromatic carbocycles. The first kappa shape index (κ1) is 41.9. The SMILES string of the molecule is COCCn1ncc(-c2ccc(-c3cnc(C(=O)Nc4ccc(C(=O)N5CCN(C(=O)[C@H]6CC[N@+](CC(=O)O)(CC7CNC7)CC6)CC5)c(Cl)c4)n3C)c(F)c2F)c1C. The summed E-state index contributed by atoms with van der Waals surface area (Å²) in [7, 11) is 3.09. The van der Waals surface area contributed by atoms with E-state index in [-0.39, 0.29) is 57.5 Å². The Morgan fingerprint density at radius 3 is 2.31 bits per heavy atom. The first-order valence-corrected chi connectivity index (χ1v) is 20.1. The third kappa shape index (κ3) is 8.74. The lowest BCUT2D eigenvalue weighted by atomic mass is 9.90. The number of imidazole rings is 1. The number of methoxy groups -OCH3 is 1. The van der Waals surface area contributed by atoms with Crippen LogP contribution in [-0.2, 0) is 27.9 Å². The summed E-state index contributed by atoms with van der Waals surface area (Å²) in [6.45, 7) is 8.08. The summed E-state index contributed by atoms with van der Waals surface area (Å²) in [6, 6.07) is 7.43. The number of carboxylic acids is 1. The summed E-state index contributed by atoms with van der Waals surface area (Å²) in [5.41, 5.74) is 1.80. The van der Waals surface area contributed by atoms with Crippen LogP contribution in [0.5, 0.6) is 0 Å². The number of amides is 3. The van der Waals surface area contributed by atoms with Gasteiger partial charge in [-0.3, -0.25) is 19.1 Å². The van der Waals surface area contributed by atoms with Crippen LogP contribution < -0.4 is 10.6 Å². The Morgan fingerprint density at radius 1 is 0.983 bits per heavy atom. The highest BCUT2D eigenvalue weighted by molar-refractivity contribution is 6.34. The first-order valence-electron chi connectivity index (χ1n) is 19.8. The van der Waals surface area contributed by atoms with Crippen molar-refractivity contribution in [3.05, 3.63) is 76.5 Å². The van der Waals surface area contributed by atoms with Crippen molar-refractivity contribution in [3.63, 3.8) is 0 Å². The van der Waals surface area contributed by atoms with E-state index in [4.69, 9.17) is 16.3 Å². The number of nitrogens with zero attached hydrogens (tertiary/aromatic N) is 7. The monoisotopic (exact) mass is 836 g/mol. The lowest BCUT2D eigenvalue weighted by Gasteiger charge is -2.46. The molecule has 18 heteroatoms. The van der Waals surface area contributed by atoms with Crippen LogP contribution in [0.1, 0.15) is 39.5 Å². The van der Waals surface area contributed by atoms with Crippen molar-refractivity contribution in [2.75, 3.05) is 84.5 Å². The number of ether oxygens (including phenoxy) is 1. The van der Waals surface area contributed by atoms with Crippen molar-refractivity contribution >= 4 is 41.0 Å². The minimum atomic E-state index is -1.09. The number of anilines is 1. The Balaban J connectivity index is 0.939. The van der Waals surface area contributed by atoms with Gasteiger partial charge in [0.05, 0.1) is 61.5 Å². The third-order valence-electron chi connectivity index (χ3n) is 12.0. The van der Waals surface area contributed by atoms with Gasteiger partial charge in [-0.1, -0.05) is 17.7 Å². The van der Waals surface area contributed by atoms with E-state index in [1.54, 1.807) is 34.6 Å². The number of quaternary nitrogens is 1. The molecule has 2 aromatic heterocycles. The number of likely N-dealkylation sites (tertiary alicyclic amines) is 1. The number of rotatable bonds is 13. The van der Waals surface area contributed by atoms with Crippen molar-refractivity contribution < 1.29 is 42.3 Å². The fourth-order valence-corrected chi connectivity index (χ4v) is 8.79. The maximum atomic E-state index is 15.6. The molecule has 0 saturated carbocycles. The lowest BCUT2D eigenvalue weighted by Crippen LogP contribution is -2.62. The zero-order valence-electron chi connectivity index (χ0n) is 33.3. The number of aliphatic carboxylic acids is 1. The summed E-state index contributed by atoms with van der Waals surface area (Å²) in [5.74, 6) is -3.61. The number of piperazine rings is 1. The minimum absolute atomic E-state index is 0.0530. The number of nitrogens with one attached hydrogen (secondary N) is 2. The number of carbonyl (C=O) groups excluding carboxylic acids is 3. The Labute approximate surface area is 345 Å². The molecule has 59 heavy (non-hydrogen) atoms. The molecule has 4 aromatic rings. The van der Waals surface area contributed by atoms with Gasteiger partial charge in [0.1, 0.15) is 0 Å². The zero-order valence-corrected chi connectivity index (χ0v) is 34.1. The number of halogens is 3. The van der Waals surface area contributed by atoms with E-state index in [0.29, 0.717) is 92.6 Å². The average Bonchev–Trinajstić information content (AvgIpc) is 3.77. The summed E-state index contributed by atoms with van der Waals surface area (Å²) in [6.07, 6.45) is 4.06. The fourth-order valence-electron chi connectivity index (χ4n) is 8.53. The van der Waals surface area contributed by atoms with Crippen LogP contribution in [0.25, 0.3) is 22.4 Å². The van der Waals surface area contributed by atoms with Gasteiger partial charge in [-0.05, 0) is 31.2 Å². The van der Waals surface area contributed by atoms with Gasteiger partial charge in [-0.2, -0.15) is 5.10 Å². The number of carboxylic acid groups (broad SMARTS) is 1. The molecule has 3 aliphatic rings. The van der Waals surface area contributed by atoms with Crippen LogP contribution in [0.4, 0.5) is 14.5 Å². The topological polar surface area (TPSA) is 164 Å². The second-order valence-electron chi connectivity index (χ2n) is 15.8. The normalized spacial score (nSPS) is 19.7. The van der Waals surface area contributed by atoms with E-state index in [1.807, 2.05) is 0 Å². The zero-order chi connectivity index (χ0) is 42.0. The van der Waals surface area contributed by atoms with Crippen LogP contribution in [-0.4, -0.2) is 142 Å². The highest BCUT2D eigenvalue weighted by Crippen LogP contribution is 2.34. The maximum absolute atomic E-state index is 15.6. The second kappa shape index (κ2) is 17.6. The van der Waals surface area contributed by atoms with Gasteiger partial charge < -0.3 is 39.3 Å². The predicted molar refractivity (Wildman–Crippen MR) is 215 cm³/mol. The molecular weight excluding hydrogens is 788 g/mol. The number of piperidine rings is 1. The number of hydrogen-bond acceptors (Lipinski definition) is 8. The molecule has 0 aliphatic carbocycles. The molecule has 3 aliphatic heterocycles. The predicted octanol–water partition coefficient (Wildman–Crippen LogP) is 3.90. The van der Waals surface area contributed by atoms with Crippen LogP contribution in [0.3, 0.4) is 0 Å². The number of benzene rings is 2. The van der Waals surface area contributed by atoms with E-state index >= 15 is 8.78 Å².